The summed E-state index contributed by atoms with van der Waals surface area (Å²) in [5.74, 6) is -0.146. The molecule has 1 aromatic carbocycles. The van der Waals surface area contributed by atoms with Gasteiger partial charge in [0, 0.05) is 6.54 Å². The lowest BCUT2D eigenvalue weighted by Crippen LogP contribution is -2.24. The van der Waals surface area contributed by atoms with Crippen LogP contribution in [0.4, 0.5) is 0 Å². The molecule has 1 aromatic heterocycles. The third-order valence-electron chi connectivity index (χ3n) is 2.86. The van der Waals surface area contributed by atoms with E-state index in [0.29, 0.717) is 23.1 Å². The van der Waals surface area contributed by atoms with Crippen LogP contribution in [0.2, 0.25) is 0 Å². The number of hydrogen-bond acceptors (Lipinski definition) is 2. The molecule has 5 nitrogen and oxygen atoms in total. The van der Waals surface area contributed by atoms with Crippen molar-refractivity contribution in [1.29, 1.82) is 0 Å². The number of amides is 1. The zero-order chi connectivity index (χ0) is 13.0. The van der Waals surface area contributed by atoms with Crippen LogP contribution >= 0.6 is 0 Å². The number of nitrogens with one attached hydrogen (secondary N) is 3. The molecule has 0 unspecified atom stereocenters. The molecule has 0 aliphatic heterocycles. The van der Waals surface area contributed by atoms with E-state index in [1.54, 1.807) is 18.2 Å². The fourth-order valence-electron chi connectivity index (χ4n) is 1.92. The zero-order valence-corrected chi connectivity index (χ0v) is 10.4. The number of unbranched alkanes of at least 4 members (excludes halogenated alkanes) is 2. The lowest BCUT2D eigenvalue weighted by atomic mass is 10.1. The van der Waals surface area contributed by atoms with Crippen molar-refractivity contribution in [3.05, 3.63) is 34.2 Å². The Morgan fingerprint density at radius 1 is 1.28 bits per heavy atom. The molecule has 96 valence electrons. The van der Waals surface area contributed by atoms with Crippen LogP contribution in [0.1, 0.15) is 36.5 Å². The first kappa shape index (κ1) is 12.4. The number of benzene rings is 1. The molecule has 0 fully saturated rings. The minimum absolute atomic E-state index is 0.146. The Morgan fingerprint density at radius 2 is 2.11 bits per heavy atom. The third kappa shape index (κ3) is 2.61. The van der Waals surface area contributed by atoms with E-state index < -0.39 is 0 Å². The van der Waals surface area contributed by atoms with Crippen LogP contribution < -0.4 is 11.0 Å². The molecule has 5 heteroatoms. The zero-order valence-electron chi connectivity index (χ0n) is 10.4. The van der Waals surface area contributed by atoms with Crippen molar-refractivity contribution in [2.24, 2.45) is 0 Å². The Balaban J connectivity index is 2.15. The molecule has 1 heterocycles. The summed E-state index contributed by atoms with van der Waals surface area (Å²) in [7, 11) is 0. The number of carbonyl (C=O) groups excluding carboxylic acids is 1. The molecule has 0 bridgehead atoms. The van der Waals surface area contributed by atoms with E-state index in [4.69, 9.17) is 0 Å². The largest absolute Gasteiger partial charge is 0.352 e. The van der Waals surface area contributed by atoms with E-state index in [-0.39, 0.29) is 11.6 Å². The number of H-pyrrole nitrogens is 2. The highest BCUT2D eigenvalue weighted by Gasteiger charge is 2.11. The van der Waals surface area contributed by atoms with Crippen LogP contribution in [0.3, 0.4) is 0 Å². The molecule has 1 amide bonds. The standard InChI is InChI=1S/C13H17N3O2/c1-2-3-4-8-14-12(17)9-6-5-7-10-11(9)16-13(18)15-10/h5-7H,2-4,8H2,1H3,(H,14,17)(H2,15,16,18). The molecule has 2 rings (SSSR count). The quantitative estimate of drug-likeness (QED) is 0.704. The molecular formula is C13H17N3O2. The fraction of sp³-hybridized carbons (Fsp3) is 0.385. The van der Waals surface area contributed by atoms with E-state index in [0.717, 1.165) is 19.3 Å². The van der Waals surface area contributed by atoms with Gasteiger partial charge in [0.05, 0.1) is 16.6 Å². The van der Waals surface area contributed by atoms with Crippen LogP contribution in [0.15, 0.2) is 23.0 Å². The van der Waals surface area contributed by atoms with Gasteiger partial charge < -0.3 is 15.3 Å². The Bertz CT molecular complexity index is 598. The maximum Gasteiger partial charge on any atom is 0.323 e. The van der Waals surface area contributed by atoms with Gasteiger partial charge in [-0.2, -0.15) is 0 Å². The predicted octanol–water partition coefficient (Wildman–Crippen LogP) is 1.78. The monoisotopic (exact) mass is 247 g/mol. The molecule has 3 N–H and O–H groups in total. The summed E-state index contributed by atoms with van der Waals surface area (Å²) in [6.07, 6.45) is 3.20. The number of para-hydroxylation sites is 1. The number of aromatic nitrogens is 2. The van der Waals surface area contributed by atoms with E-state index in [1.165, 1.54) is 0 Å². The Hall–Kier alpha value is -2.04. The van der Waals surface area contributed by atoms with Crippen molar-refractivity contribution in [1.82, 2.24) is 15.3 Å². The third-order valence-corrected chi connectivity index (χ3v) is 2.86. The van der Waals surface area contributed by atoms with Crippen molar-refractivity contribution < 1.29 is 4.79 Å². The second kappa shape index (κ2) is 5.53. The predicted molar refractivity (Wildman–Crippen MR) is 70.8 cm³/mol. The van der Waals surface area contributed by atoms with Gasteiger partial charge >= 0.3 is 5.69 Å². The van der Waals surface area contributed by atoms with E-state index in [1.807, 2.05) is 0 Å². The maximum absolute atomic E-state index is 12.0. The van der Waals surface area contributed by atoms with Crippen molar-refractivity contribution in [3.8, 4) is 0 Å². The van der Waals surface area contributed by atoms with Gasteiger partial charge in [0.25, 0.3) is 5.91 Å². The molecule has 0 saturated carbocycles. The normalized spacial score (nSPS) is 10.7. The topological polar surface area (TPSA) is 77.8 Å². The first-order valence-corrected chi connectivity index (χ1v) is 6.21. The van der Waals surface area contributed by atoms with Crippen molar-refractivity contribution in [2.45, 2.75) is 26.2 Å². The first-order chi connectivity index (χ1) is 8.72. The Labute approximate surface area is 105 Å². The molecular weight excluding hydrogens is 230 g/mol. The lowest BCUT2D eigenvalue weighted by molar-refractivity contribution is 0.0954. The van der Waals surface area contributed by atoms with E-state index in [9.17, 15) is 9.59 Å². The van der Waals surface area contributed by atoms with Crippen LogP contribution in [-0.4, -0.2) is 22.4 Å². The SMILES string of the molecule is CCCCCNC(=O)c1cccc2[nH]c(=O)[nH]c12. The summed E-state index contributed by atoms with van der Waals surface area (Å²) in [6.45, 7) is 2.78. The smallest absolute Gasteiger partial charge is 0.323 e. The van der Waals surface area contributed by atoms with Crippen LogP contribution in [0.25, 0.3) is 11.0 Å². The Kier molecular flexibility index (Phi) is 3.82. The summed E-state index contributed by atoms with van der Waals surface area (Å²) in [4.78, 5) is 28.5. The highest BCUT2D eigenvalue weighted by atomic mass is 16.2. The van der Waals surface area contributed by atoms with Gasteiger partial charge in [-0.15, -0.1) is 0 Å². The van der Waals surface area contributed by atoms with Gasteiger partial charge in [-0.3, -0.25) is 4.79 Å². The average molecular weight is 247 g/mol. The molecule has 0 spiro atoms. The molecule has 2 aromatic rings. The summed E-state index contributed by atoms with van der Waals surface area (Å²) in [5, 5.41) is 2.86. The van der Waals surface area contributed by atoms with Crippen molar-refractivity contribution in [3.63, 3.8) is 0 Å². The van der Waals surface area contributed by atoms with Gasteiger partial charge in [-0.05, 0) is 18.6 Å². The van der Waals surface area contributed by atoms with E-state index >= 15 is 0 Å². The van der Waals surface area contributed by atoms with Gasteiger partial charge in [0.15, 0.2) is 0 Å². The highest BCUT2D eigenvalue weighted by Crippen LogP contribution is 2.12. The van der Waals surface area contributed by atoms with Crippen molar-refractivity contribution >= 4 is 16.9 Å². The van der Waals surface area contributed by atoms with Gasteiger partial charge in [-0.1, -0.05) is 25.8 Å². The molecule has 0 saturated heterocycles. The number of fused-ring (bicyclic) bond motifs is 1. The lowest BCUT2D eigenvalue weighted by Gasteiger charge is -2.05. The number of rotatable bonds is 5. The van der Waals surface area contributed by atoms with Crippen LogP contribution in [0, 0.1) is 0 Å². The number of hydrogen-bond donors (Lipinski definition) is 3. The maximum atomic E-state index is 12.0. The van der Waals surface area contributed by atoms with Gasteiger partial charge in [-0.25, -0.2) is 4.79 Å². The average Bonchev–Trinajstić information content (AvgIpc) is 2.74. The van der Waals surface area contributed by atoms with Gasteiger partial charge in [0.2, 0.25) is 0 Å². The number of imidazole rings is 1. The second-order valence-electron chi connectivity index (χ2n) is 4.27. The molecule has 0 radical (unpaired) electrons. The summed E-state index contributed by atoms with van der Waals surface area (Å²) >= 11 is 0. The fourth-order valence-corrected chi connectivity index (χ4v) is 1.92. The Morgan fingerprint density at radius 3 is 2.89 bits per heavy atom. The highest BCUT2D eigenvalue weighted by molar-refractivity contribution is 6.04. The molecule has 0 atom stereocenters. The summed E-state index contributed by atoms with van der Waals surface area (Å²) in [6, 6.07) is 5.23. The van der Waals surface area contributed by atoms with E-state index in [2.05, 4.69) is 22.2 Å². The summed E-state index contributed by atoms with van der Waals surface area (Å²) < 4.78 is 0. The molecule has 18 heavy (non-hydrogen) atoms. The minimum Gasteiger partial charge on any atom is -0.352 e. The molecule has 0 aliphatic carbocycles. The number of carbonyl (C=O) groups is 1. The first-order valence-electron chi connectivity index (χ1n) is 6.21. The second-order valence-corrected chi connectivity index (χ2v) is 4.27. The van der Waals surface area contributed by atoms with Crippen LogP contribution in [-0.2, 0) is 0 Å². The van der Waals surface area contributed by atoms with Gasteiger partial charge in [0.1, 0.15) is 0 Å². The van der Waals surface area contributed by atoms with Crippen molar-refractivity contribution in [2.75, 3.05) is 6.54 Å². The minimum atomic E-state index is -0.295. The number of aromatic amines is 2. The molecule has 0 aliphatic rings. The summed E-state index contributed by atoms with van der Waals surface area (Å²) in [5.41, 5.74) is 1.43. The van der Waals surface area contributed by atoms with Crippen LogP contribution in [0.5, 0.6) is 0 Å².